The number of amides is 1. The van der Waals surface area contributed by atoms with Crippen molar-refractivity contribution in [2.24, 2.45) is 0 Å². The number of benzene rings is 1. The maximum atomic E-state index is 13.9. The third-order valence-corrected chi connectivity index (χ3v) is 3.73. The van der Waals surface area contributed by atoms with Crippen LogP contribution in [0.1, 0.15) is 24.0 Å². The van der Waals surface area contributed by atoms with Gasteiger partial charge < -0.3 is 5.32 Å². The number of halogens is 1. The molecule has 3 nitrogen and oxygen atoms in total. The molecule has 1 N–H and O–H groups in total. The maximum absolute atomic E-state index is 13.9. The molecule has 0 spiro atoms. The summed E-state index contributed by atoms with van der Waals surface area (Å²) in [4.78, 5) is 16.6. The van der Waals surface area contributed by atoms with E-state index >= 15 is 0 Å². The lowest BCUT2D eigenvalue weighted by Crippen LogP contribution is -2.29. The minimum absolute atomic E-state index is 0.180. The lowest BCUT2D eigenvalue weighted by atomic mass is 9.94. The van der Waals surface area contributed by atoms with Crippen LogP contribution in [0.3, 0.4) is 0 Å². The number of carbonyl (C=O) groups is 1. The standard InChI is InChI=1S/C16H15FN2O/c1-11-6-9-18-14(10-11)19-15(20)16(7-8-16)12-4-2-3-5-13(12)17/h2-6,9-10H,7-8H2,1H3,(H,18,19,20). The van der Waals surface area contributed by atoms with E-state index in [0.29, 0.717) is 24.2 Å². The first-order valence-corrected chi connectivity index (χ1v) is 6.61. The third-order valence-electron chi connectivity index (χ3n) is 3.73. The van der Waals surface area contributed by atoms with Crippen molar-refractivity contribution in [1.82, 2.24) is 4.98 Å². The molecule has 1 aliphatic carbocycles. The summed E-state index contributed by atoms with van der Waals surface area (Å²) in [5, 5.41) is 2.79. The van der Waals surface area contributed by atoms with Crippen LogP contribution in [0.5, 0.6) is 0 Å². The number of hydrogen-bond acceptors (Lipinski definition) is 2. The summed E-state index contributed by atoms with van der Waals surface area (Å²) in [6.07, 6.45) is 2.99. The van der Waals surface area contributed by atoms with Crippen LogP contribution < -0.4 is 5.32 Å². The van der Waals surface area contributed by atoms with Gasteiger partial charge in [-0.15, -0.1) is 0 Å². The van der Waals surface area contributed by atoms with Gasteiger partial charge in [-0.2, -0.15) is 0 Å². The van der Waals surface area contributed by atoms with Crippen LogP contribution >= 0.6 is 0 Å². The Bertz CT molecular complexity index is 665. The zero-order valence-corrected chi connectivity index (χ0v) is 11.2. The van der Waals surface area contributed by atoms with Crippen LogP contribution in [-0.4, -0.2) is 10.9 Å². The predicted molar refractivity (Wildman–Crippen MR) is 74.9 cm³/mol. The summed E-state index contributed by atoms with van der Waals surface area (Å²) in [6.45, 7) is 1.93. The Labute approximate surface area is 116 Å². The van der Waals surface area contributed by atoms with Gasteiger partial charge in [-0.05, 0) is 43.5 Å². The largest absolute Gasteiger partial charge is 0.310 e. The van der Waals surface area contributed by atoms with Crippen molar-refractivity contribution >= 4 is 11.7 Å². The average molecular weight is 270 g/mol. The monoisotopic (exact) mass is 270 g/mol. The molecular formula is C16H15FN2O. The van der Waals surface area contributed by atoms with Crippen LogP contribution in [0.25, 0.3) is 0 Å². The normalized spacial score (nSPS) is 15.7. The Hall–Kier alpha value is -2.23. The van der Waals surface area contributed by atoms with Gasteiger partial charge in [0.25, 0.3) is 0 Å². The average Bonchev–Trinajstić information content (AvgIpc) is 3.21. The fraction of sp³-hybridized carbons (Fsp3) is 0.250. The summed E-state index contributed by atoms with van der Waals surface area (Å²) in [7, 11) is 0. The van der Waals surface area contributed by atoms with Gasteiger partial charge in [0, 0.05) is 11.8 Å². The SMILES string of the molecule is Cc1ccnc(NC(=O)C2(c3ccccc3F)CC2)c1. The molecule has 0 aliphatic heterocycles. The summed E-state index contributed by atoms with van der Waals surface area (Å²) < 4.78 is 13.9. The fourth-order valence-electron chi connectivity index (χ4n) is 2.43. The van der Waals surface area contributed by atoms with Crippen molar-refractivity contribution in [3.63, 3.8) is 0 Å². The highest BCUT2D eigenvalue weighted by Crippen LogP contribution is 2.49. The molecule has 1 aliphatic rings. The lowest BCUT2D eigenvalue weighted by Gasteiger charge is -2.16. The number of pyridine rings is 1. The Kier molecular flexibility index (Phi) is 3.01. The number of carbonyl (C=O) groups excluding carboxylic acids is 1. The van der Waals surface area contributed by atoms with Crippen molar-refractivity contribution < 1.29 is 9.18 Å². The molecule has 1 aromatic heterocycles. The molecule has 0 atom stereocenters. The van der Waals surface area contributed by atoms with Crippen molar-refractivity contribution in [3.05, 3.63) is 59.5 Å². The molecule has 1 heterocycles. The maximum Gasteiger partial charge on any atom is 0.236 e. The van der Waals surface area contributed by atoms with Gasteiger partial charge in [0.05, 0.1) is 5.41 Å². The molecule has 102 valence electrons. The minimum atomic E-state index is -0.725. The molecular weight excluding hydrogens is 255 g/mol. The number of anilines is 1. The van der Waals surface area contributed by atoms with Gasteiger partial charge in [0.2, 0.25) is 5.91 Å². The van der Waals surface area contributed by atoms with Crippen molar-refractivity contribution in [1.29, 1.82) is 0 Å². The number of hydrogen-bond donors (Lipinski definition) is 1. The van der Waals surface area contributed by atoms with E-state index in [-0.39, 0.29) is 11.7 Å². The number of rotatable bonds is 3. The number of aromatic nitrogens is 1. The van der Waals surface area contributed by atoms with E-state index in [2.05, 4.69) is 10.3 Å². The highest BCUT2D eigenvalue weighted by atomic mass is 19.1. The zero-order chi connectivity index (χ0) is 14.2. The summed E-state index contributed by atoms with van der Waals surface area (Å²) in [6, 6.07) is 10.1. The second-order valence-corrected chi connectivity index (χ2v) is 5.23. The van der Waals surface area contributed by atoms with Gasteiger partial charge in [0.15, 0.2) is 0 Å². The van der Waals surface area contributed by atoms with E-state index in [9.17, 15) is 9.18 Å². The van der Waals surface area contributed by atoms with E-state index in [1.807, 2.05) is 13.0 Å². The Morgan fingerprint density at radius 2 is 2.05 bits per heavy atom. The van der Waals surface area contributed by atoms with Crippen LogP contribution in [-0.2, 0) is 10.2 Å². The Balaban J connectivity index is 1.86. The smallest absolute Gasteiger partial charge is 0.236 e. The highest BCUT2D eigenvalue weighted by Gasteiger charge is 2.52. The predicted octanol–water partition coefficient (Wildman–Crippen LogP) is 3.20. The van der Waals surface area contributed by atoms with E-state index < -0.39 is 5.41 Å². The van der Waals surface area contributed by atoms with Gasteiger partial charge in [-0.1, -0.05) is 18.2 Å². The van der Waals surface area contributed by atoms with E-state index in [0.717, 1.165) is 5.56 Å². The first-order valence-electron chi connectivity index (χ1n) is 6.61. The molecule has 0 radical (unpaired) electrons. The van der Waals surface area contributed by atoms with Crippen LogP contribution in [0.15, 0.2) is 42.6 Å². The fourth-order valence-corrected chi connectivity index (χ4v) is 2.43. The molecule has 4 heteroatoms. The summed E-state index contributed by atoms with van der Waals surface area (Å²) in [5.41, 5.74) is 0.771. The first kappa shape index (κ1) is 12.8. The molecule has 0 bridgehead atoms. The molecule has 0 unspecified atom stereocenters. The zero-order valence-electron chi connectivity index (χ0n) is 11.2. The van der Waals surface area contributed by atoms with Crippen LogP contribution in [0.4, 0.5) is 10.2 Å². The third kappa shape index (κ3) is 2.18. The molecule has 20 heavy (non-hydrogen) atoms. The number of aryl methyl sites for hydroxylation is 1. The highest BCUT2D eigenvalue weighted by molar-refractivity contribution is 6.00. The van der Waals surface area contributed by atoms with Gasteiger partial charge >= 0.3 is 0 Å². The van der Waals surface area contributed by atoms with Crippen molar-refractivity contribution in [2.45, 2.75) is 25.2 Å². The molecule has 1 aromatic carbocycles. The van der Waals surface area contributed by atoms with Crippen molar-refractivity contribution in [2.75, 3.05) is 5.32 Å². The minimum Gasteiger partial charge on any atom is -0.310 e. The molecule has 1 amide bonds. The lowest BCUT2D eigenvalue weighted by molar-refractivity contribution is -0.118. The van der Waals surface area contributed by atoms with E-state index in [1.165, 1.54) is 6.07 Å². The molecule has 1 fully saturated rings. The molecule has 1 saturated carbocycles. The van der Waals surface area contributed by atoms with E-state index in [1.54, 1.807) is 30.5 Å². The van der Waals surface area contributed by atoms with E-state index in [4.69, 9.17) is 0 Å². The first-order chi connectivity index (χ1) is 9.62. The molecule has 0 saturated heterocycles. The quantitative estimate of drug-likeness (QED) is 0.930. The number of nitrogens with zero attached hydrogens (tertiary/aromatic N) is 1. The Morgan fingerprint density at radius 3 is 2.70 bits per heavy atom. The second kappa shape index (κ2) is 4.71. The van der Waals surface area contributed by atoms with Gasteiger partial charge in [-0.25, -0.2) is 9.37 Å². The van der Waals surface area contributed by atoms with Crippen LogP contribution in [0, 0.1) is 12.7 Å². The number of nitrogens with one attached hydrogen (secondary N) is 1. The second-order valence-electron chi connectivity index (χ2n) is 5.23. The molecule has 2 aromatic rings. The van der Waals surface area contributed by atoms with Crippen LogP contribution in [0.2, 0.25) is 0 Å². The topological polar surface area (TPSA) is 42.0 Å². The van der Waals surface area contributed by atoms with Gasteiger partial charge in [-0.3, -0.25) is 4.79 Å². The van der Waals surface area contributed by atoms with Gasteiger partial charge in [0.1, 0.15) is 11.6 Å². The molecule has 3 rings (SSSR count). The van der Waals surface area contributed by atoms with Crippen molar-refractivity contribution in [3.8, 4) is 0 Å². The summed E-state index contributed by atoms with van der Waals surface area (Å²) >= 11 is 0. The Morgan fingerprint density at radius 1 is 1.30 bits per heavy atom. The summed E-state index contributed by atoms with van der Waals surface area (Å²) in [5.74, 6) is 0.00988.